The number of ether oxygens (including phenoxy) is 4. The largest absolute Gasteiger partial charge is 0.445 e. The van der Waals surface area contributed by atoms with E-state index < -0.39 is 60.0 Å². The molecule has 2 aromatic rings. The summed E-state index contributed by atoms with van der Waals surface area (Å²) in [6.45, 7) is 11.3. The standard InChI is InChI=1S/2C18H25FN2O4/c2*1-18(2,3)25-16(22)20-15-11-21(10-9-14(15)19)17(23)24-12-13-7-5-4-6-8-13/h2*4-8,14-15H,9-12H2,1-3H3,(H,20,22)/t2*14-,15+/m10/s1. The maximum Gasteiger partial charge on any atom is 0.410 e. The van der Waals surface area contributed by atoms with Gasteiger partial charge in [0.2, 0.25) is 0 Å². The Morgan fingerprint density at radius 2 is 0.980 bits per heavy atom. The molecule has 0 saturated carbocycles. The van der Waals surface area contributed by atoms with E-state index in [2.05, 4.69) is 10.6 Å². The smallest absolute Gasteiger partial charge is 0.410 e. The zero-order chi connectivity index (χ0) is 36.9. The monoisotopic (exact) mass is 704 g/mol. The first-order valence-electron chi connectivity index (χ1n) is 16.7. The molecule has 0 bridgehead atoms. The maximum atomic E-state index is 14.1. The van der Waals surface area contributed by atoms with Gasteiger partial charge < -0.3 is 39.4 Å². The topological polar surface area (TPSA) is 136 Å². The number of benzene rings is 2. The Kier molecular flexibility index (Phi) is 14.6. The molecule has 4 rings (SSSR count). The Hall–Kier alpha value is -4.62. The number of nitrogens with one attached hydrogen (secondary N) is 2. The summed E-state index contributed by atoms with van der Waals surface area (Å²) in [7, 11) is 0. The molecule has 2 fully saturated rings. The lowest BCUT2D eigenvalue weighted by Crippen LogP contribution is -2.55. The first-order chi connectivity index (χ1) is 23.5. The third-order valence-electron chi connectivity index (χ3n) is 7.39. The maximum absolute atomic E-state index is 14.1. The molecular formula is C36H50F2N4O8. The number of hydrogen-bond acceptors (Lipinski definition) is 8. The fraction of sp³-hybridized carbons (Fsp3) is 0.556. The van der Waals surface area contributed by atoms with Crippen LogP contribution in [0.25, 0.3) is 0 Å². The van der Waals surface area contributed by atoms with Crippen LogP contribution in [0, 0.1) is 0 Å². The third kappa shape index (κ3) is 14.5. The molecule has 4 atom stereocenters. The molecule has 2 aliphatic heterocycles. The first kappa shape index (κ1) is 39.8. The summed E-state index contributed by atoms with van der Waals surface area (Å²) in [6, 6.07) is 17.0. The van der Waals surface area contributed by atoms with Crippen LogP contribution < -0.4 is 10.6 Å². The number of alkyl halides is 2. The molecule has 4 amide bonds. The van der Waals surface area contributed by atoms with E-state index in [0.717, 1.165) is 11.1 Å². The summed E-state index contributed by atoms with van der Waals surface area (Å²) in [6.07, 6.45) is -4.61. The number of rotatable bonds is 6. The summed E-state index contributed by atoms with van der Waals surface area (Å²) in [5.41, 5.74) is 0.414. The van der Waals surface area contributed by atoms with E-state index in [9.17, 15) is 28.0 Å². The first-order valence-corrected chi connectivity index (χ1v) is 16.7. The number of carbonyl (C=O) groups is 4. The summed E-state index contributed by atoms with van der Waals surface area (Å²) in [5, 5.41) is 5.00. The highest BCUT2D eigenvalue weighted by Gasteiger charge is 2.35. The van der Waals surface area contributed by atoms with E-state index in [1.54, 1.807) is 41.5 Å². The van der Waals surface area contributed by atoms with Crippen LogP contribution in [0.3, 0.4) is 0 Å². The van der Waals surface area contributed by atoms with Gasteiger partial charge in [-0.1, -0.05) is 60.7 Å². The van der Waals surface area contributed by atoms with Crippen LogP contribution in [0.4, 0.5) is 28.0 Å². The molecule has 2 N–H and O–H groups in total. The van der Waals surface area contributed by atoms with Crippen molar-refractivity contribution in [2.75, 3.05) is 26.2 Å². The minimum absolute atomic E-state index is 0.0496. The van der Waals surface area contributed by atoms with E-state index in [-0.39, 0.29) is 52.2 Å². The van der Waals surface area contributed by atoms with Crippen LogP contribution in [-0.4, -0.2) is 96.0 Å². The minimum atomic E-state index is -1.23. The molecule has 0 aromatic heterocycles. The number of likely N-dealkylation sites (tertiary alicyclic amines) is 2. The minimum Gasteiger partial charge on any atom is -0.445 e. The van der Waals surface area contributed by atoms with Gasteiger partial charge in [0, 0.05) is 26.2 Å². The fourth-order valence-electron chi connectivity index (χ4n) is 4.99. The highest BCUT2D eigenvalue weighted by Crippen LogP contribution is 2.19. The van der Waals surface area contributed by atoms with E-state index in [0.29, 0.717) is 0 Å². The summed E-state index contributed by atoms with van der Waals surface area (Å²) >= 11 is 0. The number of hydrogen-bond donors (Lipinski definition) is 2. The van der Waals surface area contributed by atoms with Gasteiger partial charge in [0.1, 0.15) is 36.8 Å². The van der Waals surface area contributed by atoms with Gasteiger partial charge in [0.25, 0.3) is 0 Å². The second-order valence-electron chi connectivity index (χ2n) is 14.1. The van der Waals surface area contributed by atoms with Crippen molar-refractivity contribution in [1.82, 2.24) is 20.4 Å². The summed E-state index contributed by atoms with van der Waals surface area (Å²) in [4.78, 5) is 50.8. The van der Waals surface area contributed by atoms with Crippen LogP contribution in [0.1, 0.15) is 65.5 Å². The zero-order valence-electron chi connectivity index (χ0n) is 29.7. The molecule has 0 aliphatic carbocycles. The van der Waals surface area contributed by atoms with Crippen LogP contribution >= 0.6 is 0 Å². The van der Waals surface area contributed by atoms with Gasteiger partial charge in [-0.3, -0.25) is 0 Å². The molecule has 50 heavy (non-hydrogen) atoms. The highest BCUT2D eigenvalue weighted by atomic mass is 19.1. The lowest BCUT2D eigenvalue weighted by molar-refractivity contribution is 0.0351. The van der Waals surface area contributed by atoms with Gasteiger partial charge in [-0.2, -0.15) is 0 Å². The van der Waals surface area contributed by atoms with Crippen LogP contribution in [0.2, 0.25) is 0 Å². The normalized spacial score (nSPS) is 20.7. The molecule has 0 spiro atoms. The number of amides is 4. The Morgan fingerprint density at radius 3 is 1.30 bits per heavy atom. The predicted octanol–water partition coefficient (Wildman–Crippen LogP) is 6.52. The van der Waals surface area contributed by atoms with Crippen molar-refractivity contribution in [1.29, 1.82) is 0 Å². The Morgan fingerprint density at radius 1 is 0.640 bits per heavy atom. The van der Waals surface area contributed by atoms with Crippen molar-refractivity contribution in [2.45, 2.75) is 103 Å². The van der Waals surface area contributed by atoms with Crippen molar-refractivity contribution in [2.24, 2.45) is 0 Å². The number of nitrogens with zero attached hydrogens (tertiary/aromatic N) is 2. The Bertz CT molecular complexity index is 1280. The number of alkyl carbamates (subject to hydrolysis) is 2. The second kappa shape index (κ2) is 18.4. The summed E-state index contributed by atoms with van der Waals surface area (Å²) < 4.78 is 49.0. The van der Waals surface area contributed by atoms with Crippen molar-refractivity contribution in [3.63, 3.8) is 0 Å². The molecule has 2 aliphatic rings. The molecule has 2 heterocycles. The Balaban J connectivity index is 0.000000270. The number of carbonyl (C=O) groups excluding carboxylic acids is 4. The van der Waals surface area contributed by atoms with Gasteiger partial charge in [0.05, 0.1) is 12.1 Å². The van der Waals surface area contributed by atoms with Gasteiger partial charge in [-0.05, 0) is 65.5 Å². The van der Waals surface area contributed by atoms with Crippen molar-refractivity contribution in [3.05, 3.63) is 71.8 Å². The molecule has 0 unspecified atom stereocenters. The highest BCUT2D eigenvalue weighted by molar-refractivity contribution is 5.70. The SMILES string of the molecule is CC(C)(C)OC(=O)N[C@@H]1CN(C(=O)OCc2ccccc2)CC[C@@H]1F.CC(C)(C)OC(=O)N[C@H]1CN(C(=O)OCc2ccccc2)CC[C@H]1F. The second-order valence-corrected chi connectivity index (χ2v) is 14.1. The molecule has 14 heteroatoms. The lowest BCUT2D eigenvalue weighted by atomic mass is 10.0. The number of halogens is 2. The predicted molar refractivity (Wildman–Crippen MR) is 182 cm³/mol. The van der Waals surface area contributed by atoms with E-state index in [4.69, 9.17) is 18.9 Å². The van der Waals surface area contributed by atoms with Crippen molar-refractivity contribution < 1.29 is 46.9 Å². The van der Waals surface area contributed by atoms with Crippen molar-refractivity contribution >= 4 is 24.4 Å². The van der Waals surface area contributed by atoms with Gasteiger partial charge >= 0.3 is 24.4 Å². The molecule has 2 saturated heterocycles. The molecular weight excluding hydrogens is 654 g/mol. The Labute approximate surface area is 292 Å². The molecule has 0 radical (unpaired) electrons. The van der Waals surface area contributed by atoms with E-state index in [1.807, 2.05) is 60.7 Å². The van der Waals surface area contributed by atoms with Crippen LogP contribution in [-0.2, 0) is 32.2 Å². The molecule has 2 aromatic carbocycles. The van der Waals surface area contributed by atoms with Crippen LogP contribution in [0.15, 0.2) is 60.7 Å². The van der Waals surface area contributed by atoms with E-state index in [1.165, 1.54) is 9.80 Å². The molecule has 12 nitrogen and oxygen atoms in total. The average molecular weight is 705 g/mol. The van der Waals surface area contributed by atoms with Crippen LogP contribution in [0.5, 0.6) is 0 Å². The fourth-order valence-corrected chi connectivity index (χ4v) is 4.99. The van der Waals surface area contributed by atoms with E-state index >= 15 is 0 Å². The lowest BCUT2D eigenvalue weighted by Gasteiger charge is -2.35. The quantitative estimate of drug-likeness (QED) is 0.325. The third-order valence-corrected chi connectivity index (χ3v) is 7.39. The molecule has 276 valence electrons. The van der Waals surface area contributed by atoms with Crippen molar-refractivity contribution in [3.8, 4) is 0 Å². The zero-order valence-corrected chi connectivity index (χ0v) is 29.7. The van der Waals surface area contributed by atoms with Gasteiger partial charge in [-0.25, -0.2) is 28.0 Å². The van der Waals surface area contributed by atoms with Gasteiger partial charge in [-0.15, -0.1) is 0 Å². The average Bonchev–Trinajstić information content (AvgIpc) is 3.04. The summed E-state index contributed by atoms with van der Waals surface area (Å²) in [5.74, 6) is 0. The van der Waals surface area contributed by atoms with Gasteiger partial charge in [0.15, 0.2) is 0 Å². The number of piperidine rings is 2.